The molecule has 1 saturated heterocycles. The van der Waals surface area contributed by atoms with Gasteiger partial charge in [-0.2, -0.15) is 0 Å². The van der Waals surface area contributed by atoms with E-state index in [0.717, 1.165) is 26.1 Å². The molecular formula is C29H32N4O3S. The lowest BCUT2D eigenvalue weighted by Gasteiger charge is -2.34. The summed E-state index contributed by atoms with van der Waals surface area (Å²) in [7, 11) is -3.90. The van der Waals surface area contributed by atoms with Crippen molar-refractivity contribution in [2.75, 3.05) is 37.4 Å². The lowest BCUT2D eigenvalue weighted by atomic mass is 10.1. The van der Waals surface area contributed by atoms with Gasteiger partial charge in [0.05, 0.1) is 5.69 Å². The monoisotopic (exact) mass is 516 g/mol. The molecule has 0 aromatic heterocycles. The van der Waals surface area contributed by atoms with Gasteiger partial charge in [0.15, 0.2) is 0 Å². The maximum atomic E-state index is 13.1. The molecule has 192 valence electrons. The fourth-order valence-electron chi connectivity index (χ4n) is 4.42. The zero-order chi connectivity index (χ0) is 26.3. The Morgan fingerprint density at radius 3 is 2.32 bits per heavy atom. The van der Waals surface area contributed by atoms with Crippen molar-refractivity contribution in [3.63, 3.8) is 0 Å². The number of amides is 1. The fraction of sp³-hybridized carbons (Fsp3) is 0.241. The second kappa shape index (κ2) is 12.0. The summed E-state index contributed by atoms with van der Waals surface area (Å²) in [5, 5.41) is 0. The summed E-state index contributed by atoms with van der Waals surface area (Å²) in [5.41, 5.74) is 3.18. The van der Waals surface area contributed by atoms with Gasteiger partial charge >= 0.3 is 0 Å². The van der Waals surface area contributed by atoms with E-state index < -0.39 is 10.0 Å². The van der Waals surface area contributed by atoms with Crippen molar-refractivity contribution in [2.45, 2.75) is 18.2 Å². The van der Waals surface area contributed by atoms with Crippen molar-refractivity contribution in [1.29, 1.82) is 0 Å². The van der Waals surface area contributed by atoms with Crippen LogP contribution in [0.3, 0.4) is 0 Å². The molecule has 0 bridgehead atoms. The minimum absolute atomic E-state index is 0.0448. The number of carbonyl (C=O) groups excluding carboxylic acids is 1. The second-order valence-corrected chi connectivity index (χ2v) is 10.6. The number of nitrogens with zero attached hydrogens (tertiary/aromatic N) is 3. The highest BCUT2D eigenvalue weighted by molar-refractivity contribution is 7.92. The third-order valence-corrected chi connectivity index (χ3v) is 7.84. The van der Waals surface area contributed by atoms with Gasteiger partial charge in [-0.1, -0.05) is 54.6 Å². The normalized spacial score (nSPS) is 14.6. The minimum atomic E-state index is -3.90. The Morgan fingerprint density at radius 1 is 0.973 bits per heavy atom. The Labute approximate surface area is 219 Å². The number of sulfonamides is 1. The first kappa shape index (κ1) is 26.3. The molecule has 37 heavy (non-hydrogen) atoms. The van der Waals surface area contributed by atoms with Crippen LogP contribution in [0.25, 0.3) is 6.08 Å². The molecule has 1 fully saturated rings. The maximum absolute atomic E-state index is 13.1. The molecule has 1 heterocycles. The topological polar surface area (TPSA) is 82.1 Å². The zero-order valence-electron chi connectivity index (χ0n) is 21.0. The zero-order valence-corrected chi connectivity index (χ0v) is 21.8. The number of para-hydroxylation sites is 1. The van der Waals surface area contributed by atoms with Gasteiger partial charge in [0, 0.05) is 49.5 Å². The van der Waals surface area contributed by atoms with Crippen LogP contribution in [0.2, 0.25) is 0 Å². The summed E-state index contributed by atoms with van der Waals surface area (Å²) in [6, 6.07) is 21.9. The standard InChI is InChI=1S/C29H32N4O3S/c1-3-8-24-11-7-12-27(28(24)30-2)37(35,36)31-26-15-13-25(14-16-26)29(34)33-21-19-32(20-22-33)18-17-23-9-5-4-6-10-23/h3-16,31H,2,17-22H2,1H3/b8-3-. The van der Waals surface area contributed by atoms with Crippen LogP contribution in [0.1, 0.15) is 28.4 Å². The molecule has 0 radical (unpaired) electrons. The van der Waals surface area contributed by atoms with Crippen molar-refractivity contribution in [3.8, 4) is 0 Å². The third kappa shape index (κ3) is 6.53. The Balaban J connectivity index is 1.36. The van der Waals surface area contributed by atoms with Crippen LogP contribution >= 0.6 is 0 Å². The molecule has 0 spiro atoms. The average molecular weight is 517 g/mol. The first-order valence-corrected chi connectivity index (χ1v) is 13.8. The summed E-state index contributed by atoms with van der Waals surface area (Å²) in [4.78, 5) is 21.3. The molecule has 3 aromatic carbocycles. The summed E-state index contributed by atoms with van der Waals surface area (Å²) < 4.78 is 28.7. The average Bonchev–Trinajstić information content (AvgIpc) is 2.92. The van der Waals surface area contributed by atoms with Crippen LogP contribution in [-0.4, -0.2) is 63.6 Å². The number of anilines is 1. The van der Waals surface area contributed by atoms with E-state index in [4.69, 9.17) is 0 Å². The van der Waals surface area contributed by atoms with E-state index in [1.807, 2.05) is 24.0 Å². The maximum Gasteiger partial charge on any atom is 0.264 e. The third-order valence-electron chi connectivity index (χ3n) is 6.43. The van der Waals surface area contributed by atoms with Gasteiger partial charge in [-0.25, -0.2) is 8.42 Å². The molecule has 7 nitrogen and oxygen atoms in total. The van der Waals surface area contributed by atoms with Crippen molar-refractivity contribution in [3.05, 3.63) is 95.6 Å². The SMILES string of the molecule is C=Nc1c(/C=C\C)cccc1S(=O)(=O)Nc1ccc(C(=O)N2CCN(CCc3ccccc3)CC2)cc1. The Kier molecular flexibility index (Phi) is 8.53. The fourth-order valence-corrected chi connectivity index (χ4v) is 5.67. The van der Waals surface area contributed by atoms with E-state index in [2.05, 4.69) is 45.6 Å². The first-order chi connectivity index (χ1) is 17.9. The number of carbonyl (C=O) groups is 1. The summed E-state index contributed by atoms with van der Waals surface area (Å²) in [5.74, 6) is -0.0469. The summed E-state index contributed by atoms with van der Waals surface area (Å²) in [6.45, 7) is 9.37. The number of hydrogen-bond donors (Lipinski definition) is 1. The molecule has 0 aliphatic carbocycles. The van der Waals surface area contributed by atoms with Gasteiger partial charge in [-0.3, -0.25) is 19.4 Å². The molecule has 0 unspecified atom stereocenters. The second-order valence-electron chi connectivity index (χ2n) is 8.90. The van der Waals surface area contributed by atoms with Crippen LogP contribution < -0.4 is 4.72 Å². The van der Waals surface area contributed by atoms with Crippen molar-refractivity contribution < 1.29 is 13.2 Å². The summed E-state index contributed by atoms with van der Waals surface area (Å²) >= 11 is 0. The molecular weight excluding hydrogens is 484 g/mol. The highest BCUT2D eigenvalue weighted by atomic mass is 32.2. The van der Waals surface area contributed by atoms with Gasteiger partial charge in [0.1, 0.15) is 4.90 Å². The molecule has 1 aliphatic rings. The number of allylic oxidation sites excluding steroid dienone is 1. The largest absolute Gasteiger partial charge is 0.336 e. The van der Waals surface area contributed by atoms with Gasteiger partial charge in [0.25, 0.3) is 15.9 Å². The van der Waals surface area contributed by atoms with E-state index in [9.17, 15) is 13.2 Å². The predicted octanol–water partition coefficient (Wildman–Crippen LogP) is 4.85. The molecule has 8 heteroatoms. The number of nitrogens with one attached hydrogen (secondary N) is 1. The molecule has 1 N–H and O–H groups in total. The van der Waals surface area contributed by atoms with E-state index >= 15 is 0 Å². The molecule has 0 saturated carbocycles. The minimum Gasteiger partial charge on any atom is -0.336 e. The van der Waals surface area contributed by atoms with E-state index in [1.54, 1.807) is 42.5 Å². The number of hydrogen-bond acceptors (Lipinski definition) is 5. The molecule has 1 aliphatic heterocycles. The van der Waals surface area contributed by atoms with Crippen LogP contribution in [0.4, 0.5) is 11.4 Å². The lowest BCUT2D eigenvalue weighted by molar-refractivity contribution is 0.0638. The predicted molar refractivity (Wildman–Crippen MR) is 150 cm³/mol. The molecule has 0 atom stereocenters. The van der Waals surface area contributed by atoms with E-state index in [1.165, 1.54) is 11.6 Å². The highest BCUT2D eigenvalue weighted by Gasteiger charge is 2.23. The number of aliphatic imine (C=N–C) groups is 1. The molecule has 4 rings (SSSR count). The lowest BCUT2D eigenvalue weighted by Crippen LogP contribution is -2.49. The van der Waals surface area contributed by atoms with E-state index in [-0.39, 0.29) is 10.8 Å². The van der Waals surface area contributed by atoms with Crippen LogP contribution in [0, 0.1) is 0 Å². The van der Waals surface area contributed by atoms with Gasteiger partial charge in [0.2, 0.25) is 0 Å². The van der Waals surface area contributed by atoms with Crippen LogP contribution in [0.15, 0.2) is 88.8 Å². The Hall–Kier alpha value is -3.75. The van der Waals surface area contributed by atoms with E-state index in [0.29, 0.717) is 35.6 Å². The van der Waals surface area contributed by atoms with Gasteiger partial charge < -0.3 is 4.90 Å². The van der Waals surface area contributed by atoms with Gasteiger partial charge in [-0.15, -0.1) is 0 Å². The quantitative estimate of drug-likeness (QED) is 0.412. The number of piperazine rings is 1. The van der Waals surface area contributed by atoms with Crippen molar-refractivity contribution in [2.24, 2.45) is 4.99 Å². The number of rotatable bonds is 9. The number of benzene rings is 3. The molecule has 3 aromatic rings. The van der Waals surface area contributed by atoms with Crippen molar-refractivity contribution in [1.82, 2.24) is 9.80 Å². The first-order valence-electron chi connectivity index (χ1n) is 12.3. The Morgan fingerprint density at radius 2 is 1.68 bits per heavy atom. The summed E-state index contributed by atoms with van der Waals surface area (Å²) in [6.07, 6.45) is 4.59. The molecule has 1 amide bonds. The Bertz CT molecular complexity index is 1360. The highest BCUT2D eigenvalue weighted by Crippen LogP contribution is 2.30. The smallest absolute Gasteiger partial charge is 0.264 e. The van der Waals surface area contributed by atoms with Crippen LogP contribution in [-0.2, 0) is 16.4 Å². The van der Waals surface area contributed by atoms with Gasteiger partial charge in [-0.05, 0) is 56.0 Å². The van der Waals surface area contributed by atoms with Crippen LogP contribution in [0.5, 0.6) is 0 Å². The van der Waals surface area contributed by atoms with Crippen molar-refractivity contribution >= 4 is 40.1 Å².